The molecule has 1 aromatic rings. The average molecular weight is 351 g/mol. The van der Waals surface area contributed by atoms with Crippen molar-refractivity contribution < 1.29 is 23.9 Å². The first-order valence-corrected chi connectivity index (χ1v) is 8.07. The van der Waals surface area contributed by atoms with E-state index < -0.39 is 4.92 Å². The topological polar surface area (TPSA) is 87.9 Å². The van der Waals surface area contributed by atoms with Crippen molar-refractivity contribution in [3.63, 3.8) is 0 Å². The zero-order valence-corrected chi connectivity index (χ0v) is 15.2. The molecule has 0 unspecified atom stereocenters. The van der Waals surface area contributed by atoms with Gasteiger partial charge in [0.25, 0.3) is 0 Å². The lowest BCUT2D eigenvalue weighted by Gasteiger charge is -2.13. The monoisotopic (exact) mass is 351 g/mol. The van der Waals surface area contributed by atoms with Crippen LogP contribution in [0.3, 0.4) is 0 Å². The van der Waals surface area contributed by atoms with Gasteiger partial charge < -0.3 is 14.2 Å². The van der Waals surface area contributed by atoms with Gasteiger partial charge in [0.1, 0.15) is 11.5 Å². The molecule has 0 heterocycles. The van der Waals surface area contributed by atoms with Crippen molar-refractivity contribution in [1.82, 2.24) is 0 Å². The van der Waals surface area contributed by atoms with Gasteiger partial charge in [-0.1, -0.05) is 6.42 Å². The van der Waals surface area contributed by atoms with E-state index in [2.05, 4.69) is 4.74 Å². The molecule has 25 heavy (non-hydrogen) atoms. The summed E-state index contributed by atoms with van der Waals surface area (Å²) in [6, 6.07) is 3.59. The van der Waals surface area contributed by atoms with Crippen LogP contribution in [0.2, 0.25) is 0 Å². The maximum Gasteiger partial charge on any atom is 0.305 e. The summed E-state index contributed by atoms with van der Waals surface area (Å²) >= 11 is 0. The number of esters is 1. The van der Waals surface area contributed by atoms with Crippen LogP contribution in [0.1, 0.15) is 43.7 Å². The van der Waals surface area contributed by atoms with Gasteiger partial charge in [0.05, 0.1) is 26.3 Å². The van der Waals surface area contributed by atoms with Gasteiger partial charge in [0.2, 0.25) is 5.70 Å². The standard InChI is InChI=1S/C18H25NO6/c1-13(19(21)22)10-15-12-16(23-2)14(11-17(15)24-3)8-6-5-7-9-18(20)25-4/h10-12H,5-9H2,1-4H3. The number of carbonyl (C=O) groups is 1. The van der Waals surface area contributed by atoms with E-state index in [1.54, 1.807) is 13.2 Å². The first-order valence-electron chi connectivity index (χ1n) is 8.07. The van der Waals surface area contributed by atoms with Crippen molar-refractivity contribution in [3.05, 3.63) is 39.1 Å². The largest absolute Gasteiger partial charge is 0.496 e. The predicted molar refractivity (Wildman–Crippen MR) is 94.4 cm³/mol. The zero-order valence-electron chi connectivity index (χ0n) is 15.2. The molecule has 1 rings (SSSR count). The minimum absolute atomic E-state index is 0.0240. The molecule has 0 aliphatic heterocycles. The number of rotatable bonds is 10. The van der Waals surface area contributed by atoms with E-state index in [4.69, 9.17) is 9.47 Å². The van der Waals surface area contributed by atoms with Gasteiger partial charge in [-0.2, -0.15) is 0 Å². The Morgan fingerprint density at radius 1 is 1.12 bits per heavy atom. The van der Waals surface area contributed by atoms with Crippen LogP contribution in [-0.2, 0) is 16.0 Å². The molecule has 7 heteroatoms. The zero-order chi connectivity index (χ0) is 18.8. The van der Waals surface area contributed by atoms with Crippen molar-refractivity contribution in [1.29, 1.82) is 0 Å². The van der Waals surface area contributed by atoms with E-state index in [0.29, 0.717) is 23.5 Å². The Morgan fingerprint density at radius 2 is 1.80 bits per heavy atom. The number of methoxy groups -OCH3 is 3. The highest BCUT2D eigenvalue weighted by molar-refractivity contribution is 5.69. The molecule has 0 aliphatic carbocycles. The highest BCUT2D eigenvalue weighted by Gasteiger charge is 2.13. The van der Waals surface area contributed by atoms with Gasteiger partial charge in [0, 0.05) is 25.0 Å². The van der Waals surface area contributed by atoms with Crippen LogP contribution in [0.25, 0.3) is 6.08 Å². The van der Waals surface area contributed by atoms with Gasteiger partial charge in [-0.15, -0.1) is 0 Å². The van der Waals surface area contributed by atoms with E-state index in [1.165, 1.54) is 27.2 Å². The van der Waals surface area contributed by atoms with Crippen molar-refractivity contribution in [3.8, 4) is 11.5 Å². The normalized spacial score (nSPS) is 11.1. The van der Waals surface area contributed by atoms with Gasteiger partial charge in [0.15, 0.2) is 0 Å². The van der Waals surface area contributed by atoms with Gasteiger partial charge >= 0.3 is 5.97 Å². The van der Waals surface area contributed by atoms with E-state index in [0.717, 1.165) is 31.2 Å². The first kappa shape index (κ1) is 20.5. The second-order valence-corrected chi connectivity index (χ2v) is 5.59. The predicted octanol–water partition coefficient (Wildman–Crippen LogP) is 3.62. The Balaban J connectivity index is 2.85. The van der Waals surface area contributed by atoms with E-state index in [9.17, 15) is 14.9 Å². The maximum absolute atomic E-state index is 11.1. The number of allylic oxidation sites excluding steroid dienone is 1. The van der Waals surface area contributed by atoms with Crippen molar-refractivity contribution >= 4 is 12.0 Å². The third-order valence-electron chi connectivity index (χ3n) is 3.84. The molecule has 7 nitrogen and oxygen atoms in total. The van der Waals surface area contributed by atoms with Gasteiger partial charge in [-0.3, -0.25) is 14.9 Å². The summed E-state index contributed by atoms with van der Waals surface area (Å²) in [4.78, 5) is 21.5. The highest BCUT2D eigenvalue weighted by Crippen LogP contribution is 2.31. The van der Waals surface area contributed by atoms with Crippen LogP contribution in [-0.4, -0.2) is 32.2 Å². The Kier molecular flexibility index (Phi) is 8.46. The van der Waals surface area contributed by atoms with Crippen molar-refractivity contribution in [2.75, 3.05) is 21.3 Å². The number of hydrogen-bond donors (Lipinski definition) is 0. The summed E-state index contributed by atoms with van der Waals surface area (Å²) in [5.74, 6) is 1.03. The molecule has 0 atom stereocenters. The molecule has 1 aromatic carbocycles. The maximum atomic E-state index is 11.1. The molecule has 0 saturated carbocycles. The molecule has 0 aromatic heterocycles. The summed E-state index contributed by atoms with van der Waals surface area (Å²) in [5, 5.41) is 10.8. The van der Waals surface area contributed by atoms with Crippen LogP contribution in [0, 0.1) is 10.1 Å². The molecule has 0 bridgehead atoms. The highest BCUT2D eigenvalue weighted by atomic mass is 16.6. The van der Waals surface area contributed by atoms with Crippen LogP contribution >= 0.6 is 0 Å². The Hall–Kier alpha value is -2.57. The lowest BCUT2D eigenvalue weighted by molar-refractivity contribution is -0.422. The third-order valence-corrected chi connectivity index (χ3v) is 3.84. The van der Waals surface area contributed by atoms with E-state index in [1.807, 2.05) is 6.07 Å². The van der Waals surface area contributed by atoms with Crippen LogP contribution in [0.4, 0.5) is 0 Å². The Morgan fingerprint density at radius 3 is 2.36 bits per heavy atom. The second kappa shape index (κ2) is 10.3. The molecular weight excluding hydrogens is 326 g/mol. The fourth-order valence-corrected chi connectivity index (χ4v) is 2.43. The van der Waals surface area contributed by atoms with E-state index >= 15 is 0 Å². The van der Waals surface area contributed by atoms with Crippen LogP contribution < -0.4 is 9.47 Å². The van der Waals surface area contributed by atoms with Gasteiger partial charge in [-0.05, 0) is 37.0 Å². The number of ether oxygens (including phenoxy) is 3. The Bertz CT molecular complexity index is 639. The number of nitro groups is 1. The fraction of sp³-hybridized carbons (Fsp3) is 0.500. The quantitative estimate of drug-likeness (QED) is 0.277. The molecule has 0 amide bonds. The first-order chi connectivity index (χ1) is 11.9. The number of nitrogens with zero attached hydrogens (tertiary/aromatic N) is 1. The number of carbonyl (C=O) groups excluding carboxylic acids is 1. The lowest BCUT2D eigenvalue weighted by Crippen LogP contribution is -2.00. The minimum atomic E-state index is -0.443. The minimum Gasteiger partial charge on any atom is -0.496 e. The number of aryl methyl sites for hydroxylation is 1. The number of unbranched alkanes of at least 4 members (excludes halogenated alkanes) is 2. The summed E-state index contributed by atoms with van der Waals surface area (Å²) in [5.41, 5.74) is 1.59. The lowest BCUT2D eigenvalue weighted by atomic mass is 10.0. The van der Waals surface area contributed by atoms with Gasteiger partial charge in [-0.25, -0.2) is 0 Å². The van der Waals surface area contributed by atoms with Crippen molar-refractivity contribution in [2.45, 2.75) is 39.0 Å². The van der Waals surface area contributed by atoms with Crippen molar-refractivity contribution in [2.24, 2.45) is 0 Å². The van der Waals surface area contributed by atoms with E-state index in [-0.39, 0.29) is 11.7 Å². The summed E-state index contributed by atoms with van der Waals surface area (Å²) < 4.78 is 15.4. The molecule has 138 valence electrons. The second-order valence-electron chi connectivity index (χ2n) is 5.59. The fourth-order valence-electron chi connectivity index (χ4n) is 2.43. The SMILES string of the molecule is COC(=O)CCCCCc1cc(OC)c(C=C(C)[N+](=O)[O-])cc1OC. The summed E-state index contributed by atoms with van der Waals surface area (Å²) in [7, 11) is 4.48. The molecule has 0 fully saturated rings. The van der Waals surface area contributed by atoms with Crippen LogP contribution in [0.5, 0.6) is 11.5 Å². The summed E-state index contributed by atoms with van der Waals surface area (Å²) in [6.07, 6.45) is 5.19. The smallest absolute Gasteiger partial charge is 0.305 e. The average Bonchev–Trinajstić information content (AvgIpc) is 2.61. The molecule has 0 N–H and O–H groups in total. The molecule has 0 radical (unpaired) electrons. The molecular formula is C18H25NO6. The number of benzene rings is 1. The molecule has 0 saturated heterocycles. The number of hydrogen-bond acceptors (Lipinski definition) is 6. The van der Waals surface area contributed by atoms with Crippen LogP contribution in [0.15, 0.2) is 17.8 Å². The molecule has 0 aliphatic rings. The molecule has 0 spiro atoms. The summed E-state index contributed by atoms with van der Waals surface area (Å²) in [6.45, 7) is 1.43. The third kappa shape index (κ3) is 6.45. The Labute approximate surface area is 147 Å².